The van der Waals surface area contributed by atoms with Crippen molar-refractivity contribution >= 4 is 39.6 Å². The van der Waals surface area contributed by atoms with Crippen LogP contribution in [0.2, 0.25) is 0 Å². The molecule has 2 aliphatic rings. The number of carbonyl (C=O) groups excluding carboxylic acids is 1. The van der Waals surface area contributed by atoms with Crippen LogP contribution in [0.5, 0.6) is 0 Å². The minimum atomic E-state index is -3.56. The second-order valence-corrected chi connectivity index (χ2v) is 11.7. The first kappa shape index (κ1) is 22.9. The summed E-state index contributed by atoms with van der Waals surface area (Å²) in [5.74, 6) is 0.187. The molecular weight excluding hydrogens is 448 g/mol. The molecule has 8 nitrogen and oxygen atoms in total. The number of imidazole rings is 1. The fourth-order valence-corrected chi connectivity index (χ4v) is 5.64. The summed E-state index contributed by atoms with van der Waals surface area (Å²) in [5.41, 5.74) is 1.28. The number of ether oxygens (including phenoxy) is 1. The number of piperidine rings is 1. The molecule has 0 unspecified atom stereocenters. The van der Waals surface area contributed by atoms with E-state index in [-0.39, 0.29) is 12.0 Å². The second-order valence-electron chi connectivity index (χ2n) is 9.00. The van der Waals surface area contributed by atoms with Gasteiger partial charge in [-0.25, -0.2) is 22.9 Å². The Hall–Kier alpha value is -2.30. The number of sulfonamides is 1. The van der Waals surface area contributed by atoms with Crippen LogP contribution in [0.1, 0.15) is 39.3 Å². The Morgan fingerprint density at radius 3 is 2.78 bits per heavy atom. The number of carbonyl (C=O) groups is 1. The van der Waals surface area contributed by atoms with E-state index >= 15 is 0 Å². The predicted molar refractivity (Wildman–Crippen MR) is 126 cm³/mol. The molecule has 2 aromatic rings. The largest absolute Gasteiger partial charge is 0.444 e. The molecule has 0 aliphatic carbocycles. The van der Waals surface area contributed by atoms with Gasteiger partial charge in [0.1, 0.15) is 11.2 Å². The summed E-state index contributed by atoms with van der Waals surface area (Å²) in [6, 6.07) is 5.86. The van der Waals surface area contributed by atoms with Gasteiger partial charge in [0, 0.05) is 29.9 Å². The van der Waals surface area contributed by atoms with Crippen molar-refractivity contribution in [3.8, 4) is 0 Å². The van der Waals surface area contributed by atoms with Crippen LogP contribution in [-0.2, 0) is 14.8 Å². The lowest BCUT2D eigenvalue weighted by molar-refractivity contribution is 0.0185. The average molecular weight is 477 g/mol. The molecule has 32 heavy (non-hydrogen) atoms. The van der Waals surface area contributed by atoms with Crippen molar-refractivity contribution < 1.29 is 17.9 Å². The molecule has 0 spiro atoms. The lowest BCUT2D eigenvalue weighted by Gasteiger charge is -2.33. The maximum Gasteiger partial charge on any atom is 0.410 e. The van der Waals surface area contributed by atoms with Crippen molar-refractivity contribution in [1.29, 1.82) is 0 Å². The van der Waals surface area contributed by atoms with E-state index in [1.165, 1.54) is 17.2 Å². The van der Waals surface area contributed by atoms with Crippen LogP contribution in [0.15, 0.2) is 45.8 Å². The molecule has 1 N–H and O–H groups in total. The molecule has 4 rings (SSSR count). The molecule has 0 atom stereocenters. The summed E-state index contributed by atoms with van der Waals surface area (Å²) >= 11 is 1.50. The molecule has 10 heteroatoms. The van der Waals surface area contributed by atoms with Gasteiger partial charge >= 0.3 is 6.09 Å². The van der Waals surface area contributed by atoms with Gasteiger partial charge in [0.2, 0.25) is 10.0 Å². The van der Waals surface area contributed by atoms with E-state index in [1.54, 1.807) is 17.2 Å². The Morgan fingerprint density at radius 1 is 1.31 bits per heavy atom. The van der Waals surface area contributed by atoms with Gasteiger partial charge in [-0.3, -0.25) is 4.40 Å². The molecule has 172 valence electrons. The van der Waals surface area contributed by atoms with Crippen LogP contribution in [0, 0.1) is 5.92 Å². The van der Waals surface area contributed by atoms with Gasteiger partial charge in [-0.2, -0.15) is 0 Å². The number of hydrogen-bond acceptors (Lipinski definition) is 6. The minimum Gasteiger partial charge on any atom is -0.444 e. The van der Waals surface area contributed by atoms with Gasteiger partial charge in [0.25, 0.3) is 0 Å². The number of amides is 1. The maximum atomic E-state index is 12.5. The number of thioether (sulfide) groups is 1. The van der Waals surface area contributed by atoms with E-state index in [1.807, 2.05) is 49.4 Å². The predicted octanol–water partition coefficient (Wildman–Crippen LogP) is 3.86. The monoisotopic (exact) mass is 476 g/mol. The zero-order chi connectivity index (χ0) is 22.9. The maximum absolute atomic E-state index is 12.5. The standard InChI is InChI=1S/C22H28N4O4S2/c1-22(2,3)30-21(27)25-10-7-16(8-11-25)14-24-32(28,29)12-9-18-13-17-15-23-19-5-4-6-20(31-18)26(17)19/h4-6,9,12-13,15-16,24H,7-8,10-11,14H2,1-3H3/b12-9+. The fraction of sp³-hybridized carbons (Fsp3) is 0.455. The number of nitrogens with one attached hydrogen (secondary N) is 1. The summed E-state index contributed by atoms with van der Waals surface area (Å²) in [6.07, 6.45) is 6.49. The Balaban J connectivity index is 1.29. The van der Waals surface area contributed by atoms with E-state index in [0.717, 1.165) is 34.1 Å². The van der Waals surface area contributed by atoms with Gasteiger partial charge in [-0.1, -0.05) is 17.8 Å². The molecular formula is C22H28N4O4S2. The molecule has 0 radical (unpaired) electrons. The molecule has 0 aromatic carbocycles. The number of hydrogen-bond donors (Lipinski definition) is 1. The van der Waals surface area contributed by atoms with E-state index in [9.17, 15) is 13.2 Å². The van der Waals surface area contributed by atoms with Crippen molar-refractivity contribution in [3.05, 3.63) is 46.5 Å². The molecule has 2 aliphatic heterocycles. The highest BCUT2D eigenvalue weighted by Crippen LogP contribution is 2.35. The van der Waals surface area contributed by atoms with E-state index in [0.29, 0.717) is 19.6 Å². The molecule has 2 aromatic heterocycles. The first-order valence-electron chi connectivity index (χ1n) is 10.6. The number of aromatic nitrogens is 2. The van der Waals surface area contributed by atoms with Crippen LogP contribution in [0.25, 0.3) is 11.7 Å². The van der Waals surface area contributed by atoms with E-state index < -0.39 is 15.6 Å². The number of nitrogens with zero attached hydrogens (tertiary/aromatic N) is 3. The third kappa shape index (κ3) is 5.54. The highest BCUT2D eigenvalue weighted by molar-refractivity contribution is 8.03. The van der Waals surface area contributed by atoms with E-state index in [2.05, 4.69) is 9.71 Å². The number of likely N-dealkylation sites (tertiary alicyclic amines) is 1. The van der Waals surface area contributed by atoms with Crippen molar-refractivity contribution in [2.75, 3.05) is 19.6 Å². The van der Waals surface area contributed by atoms with Crippen LogP contribution in [0.3, 0.4) is 0 Å². The summed E-state index contributed by atoms with van der Waals surface area (Å²) in [5, 5.41) is 2.22. The molecule has 0 saturated carbocycles. The van der Waals surface area contributed by atoms with Crippen LogP contribution in [-0.4, -0.2) is 54.0 Å². The zero-order valence-electron chi connectivity index (χ0n) is 18.4. The first-order chi connectivity index (χ1) is 15.1. The quantitative estimate of drug-likeness (QED) is 0.704. The molecule has 1 amide bonds. The highest BCUT2D eigenvalue weighted by Gasteiger charge is 2.27. The Bertz CT molecular complexity index is 1170. The average Bonchev–Trinajstić information content (AvgIpc) is 3.15. The summed E-state index contributed by atoms with van der Waals surface area (Å²) < 4.78 is 35.1. The first-order valence-corrected chi connectivity index (χ1v) is 13.0. The summed E-state index contributed by atoms with van der Waals surface area (Å²) in [4.78, 5) is 19.1. The summed E-state index contributed by atoms with van der Waals surface area (Å²) in [6.45, 7) is 7.02. The highest BCUT2D eigenvalue weighted by atomic mass is 32.2. The number of rotatable bonds is 5. The van der Waals surface area contributed by atoms with Crippen molar-refractivity contribution in [2.45, 2.75) is 44.2 Å². The molecule has 1 fully saturated rings. The minimum absolute atomic E-state index is 0.187. The topological polar surface area (TPSA) is 93.0 Å². The SMILES string of the molecule is CC(C)(C)OC(=O)N1CCC(CNS(=O)(=O)/C=C/C2=Cc3cnc4cccc(n34)S2)CC1. The molecule has 0 bridgehead atoms. The van der Waals surface area contributed by atoms with Gasteiger partial charge in [-0.05, 0) is 63.8 Å². The van der Waals surface area contributed by atoms with Gasteiger partial charge in [-0.15, -0.1) is 0 Å². The fourth-order valence-electron chi connectivity index (χ4n) is 3.67. The van der Waals surface area contributed by atoms with Crippen LogP contribution >= 0.6 is 11.8 Å². The molecule has 4 heterocycles. The number of allylic oxidation sites excluding steroid dienone is 1. The Labute approximate surface area is 192 Å². The zero-order valence-corrected chi connectivity index (χ0v) is 20.1. The van der Waals surface area contributed by atoms with Crippen LogP contribution < -0.4 is 4.72 Å². The van der Waals surface area contributed by atoms with Crippen molar-refractivity contribution in [1.82, 2.24) is 19.0 Å². The normalized spacial score (nSPS) is 17.7. The van der Waals surface area contributed by atoms with Crippen molar-refractivity contribution in [3.63, 3.8) is 0 Å². The lowest BCUT2D eigenvalue weighted by Crippen LogP contribution is -2.43. The van der Waals surface area contributed by atoms with Crippen molar-refractivity contribution in [2.24, 2.45) is 5.92 Å². The smallest absolute Gasteiger partial charge is 0.410 e. The van der Waals surface area contributed by atoms with Gasteiger partial charge in [0.15, 0.2) is 0 Å². The Kier molecular flexibility index (Phi) is 6.37. The van der Waals surface area contributed by atoms with Gasteiger partial charge < -0.3 is 9.64 Å². The second kappa shape index (κ2) is 8.92. The third-order valence-corrected chi connectivity index (χ3v) is 7.37. The number of pyridine rings is 1. The van der Waals surface area contributed by atoms with Gasteiger partial charge in [0.05, 0.1) is 16.9 Å². The Morgan fingerprint density at radius 2 is 2.06 bits per heavy atom. The summed E-state index contributed by atoms with van der Waals surface area (Å²) in [7, 11) is -3.56. The molecule has 1 saturated heterocycles. The lowest BCUT2D eigenvalue weighted by atomic mass is 9.97. The van der Waals surface area contributed by atoms with Crippen LogP contribution in [0.4, 0.5) is 4.79 Å². The third-order valence-electron chi connectivity index (χ3n) is 5.28. The van der Waals surface area contributed by atoms with E-state index in [4.69, 9.17) is 4.74 Å².